The lowest BCUT2D eigenvalue weighted by atomic mass is 10.0. The van der Waals surface area contributed by atoms with Gasteiger partial charge in [-0.15, -0.1) is 0 Å². The Morgan fingerprint density at radius 3 is 2.02 bits per heavy atom. The Balaban J connectivity index is 1.33. The van der Waals surface area contributed by atoms with Crippen LogP contribution < -0.4 is 5.73 Å². The third-order valence-corrected chi connectivity index (χ3v) is 7.03. The van der Waals surface area contributed by atoms with Crippen molar-refractivity contribution < 1.29 is 24.1 Å². The van der Waals surface area contributed by atoms with Crippen molar-refractivity contribution in [1.82, 2.24) is 19.6 Å². The molecule has 2 unspecified atom stereocenters. The van der Waals surface area contributed by atoms with Gasteiger partial charge in [0.05, 0.1) is 32.6 Å². The van der Waals surface area contributed by atoms with Crippen molar-refractivity contribution in [2.24, 2.45) is 0 Å². The van der Waals surface area contributed by atoms with Gasteiger partial charge in [0.25, 0.3) is 0 Å². The number of rotatable bonds is 11. The van der Waals surface area contributed by atoms with Crippen LogP contribution in [0.3, 0.4) is 0 Å². The van der Waals surface area contributed by atoms with Gasteiger partial charge >= 0.3 is 0 Å². The first-order chi connectivity index (χ1) is 20.1. The number of aromatic nitrogens is 4. The van der Waals surface area contributed by atoms with Crippen LogP contribution in [-0.2, 0) is 44.6 Å². The second-order valence-corrected chi connectivity index (χ2v) is 9.86. The van der Waals surface area contributed by atoms with E-state index in [-0.39, 0.29) is 31.3 Å². The lowest BCUT2D eigenvalue weighted by Crippen LogP contribution is -2.45. The molecule has 41 heavy (non-hydrogen) atoms. The highest BCUT2D eigenvalue weighted by molar-refractivity contribution is 5.59. The third-order valence-electron chi connectivity index (χ3n) is 7.03. The fraction of sp³-hybridized carbons (Fsp3) is 0.258. The quantitative estimate of drug-likeness (QED) is 0.252. The number of hydrogen-bond acceptors (Lipinski definition) is 9. The molecule has 3 heterocycles. The van der Waals surface area contributed by atoms with E-state index >= 15 is 0 Å². The molecule has 1 aliphatic heterocycles. The molecule has 0 aliphatic carbocycles. The number of anilines is 1. The Kier molecular flexibility index (Phi) is 7.99. The number of nitrogens with zero attached hydrogens (tertiary/aromatic N) is 4. The fourth-order valence-electron chi connectivity index (χ4n) is 4.99. The normalized spacial score (nSPS) is 22.3. The van der Waals surface area contributed by atoms with Crippen LogP contribution in [-0.4, -0.2) is 49.6 Å². The molecule has 1 fully saturated rings. The molecule has 10 nitrogen and oxygen atoms in total. The zero-order valence-electron chi connectivity index (χ0n) is 22.3. The summed E-state index contributed by atoms with van der Waals surface area (Å²) in [5.41, 5.74) is 9.52. The monoisotopic (exact) mass is 553 g/mol. The molecule has 2 aromatic heterocycles. The van der Waals surface area contributed by atoms with E-state index in [1.165, 1.54) is 17.0 Å². The smallest absolute Gasteiger partial charge is 0.242 e. The van der Waals surface area contributed by atoms with Crippen molar-refractivity contribution in [2.75, 3.05) is 12.3 Å². The van der Waals surface area contributed by atoms with E-state index in [1.54, 1.807) is 0 Å². The Morgan fingerprint density at radius 1 is 0.805 bits per heavy atom. The van der Waals surface area contributed by atoms with Crippen molar-refractivity contribution in [3.63, 3.8) is 0 Å². The van der Waals surface area contributed by atoms with Crippen molar-refractivity contribution in [1.29, 1.82) is 0 Å². The molecule has 1 aliphatic rings. The summed E-state index contributed by atoms with van der Waals surface area (Å²) in [6.07, 6.45) is 0.422. The lowest BCUT2D eigenvalue weighted by Gasteiger charge is -2.30. The van der Waals surface area contributed by atoms with Gasteiger partial charge in [-0.1, -0.05) is 91.0 Å². The van der Waals surface area contributed by atoms with Crippen molar-refractivity contribution in [2.45, 2.75) is 43.9 Å². The van der Waals surface area contributed by atoms with Crippen LogP contribution in [0.15, 0.2) is 104 Å². The van der Waals surface area contributed by atoms with Gasteiger partial charge < -0.3 is 29.8 Å². The molecule has 3 aromatic carbocycles. The standard InChI is InChI=1S/C31H31N5O5/c32-29-30-33-16-26(36(30)35-21-34-29)31(37)28(40-19-24-14-8-3-9-15-24)27(39-18-23-12-6-2-7-13-23)25(41-31)20-38-17-22-10-4-1-5-11-22/h1-16,21,25,27-28,37H,17-20H2,(H2,32,34,35)/t25?,27-,28-,31?/m1/s1. The molecule has 0 spiro atoms. The minimum absolute atomic E-state index is 0.149. The number of nitrogen functional groups attached to an aromatic ring is 1. The van der Waals surface area contributed by atoms with Gasteiger partial charge in [-0.25, -0.2) is 14.5 Å². The van der Waals surface area contributed by atoms with Gasteiger partial charge in [-0.3, -0.25) is 0 Å². The molecule has 3 N–H and O–H groups in total. The van der Waals surface area contributed by atoms with E-state index in [9.17, 15) is 5.11 Å². The van der Waals surface area contributed by atoms with Gasteiger partial charge in [0.1, 0.15) is 30.3 Å². The van der Waals surface area contributed by atoms with E-state index in [2.05, 4.69) is 15.1 Å². The van der Waals surface area contributed by atoms with E-state index in [1.807, 2.05) is 91.0 Å². The highest BCUT2D eigenvalue weighted by Crippen LogP contribution is 2.42. The van der Waals surface area contributed by atoms with Crippen LogP contribution >= 0.6 is 0 Å². The third kappa shape index (κ3) is 5.83. The van der Waals surface area contributed by atoms with E-state index in [0.29, 0.717) is 12.3 Å². The summed E-state index contributed by atoms with van der Waals surface area (Å²) >= 11 is 0. The molecule has 5 aromatic rings. The van der Waals surface area contributed by atoms with E-state index in [4.69, 9.17) is 24.7 Å². The number of nitrogens with two attached hydrogens (primary N) is 1. The van der Waals surface area contributed by atoms with E-state index in [0.717, 1.165) is 16.7 Å². The summed E-state index contributed by atoms with van der Waals surface area (Å²) in [5.74, 6) is -1.81. The highest BCUT2D eigenvalue weighted by Gasteiger charge is 2.59. The minimum Gasteiger partial charge on any atom is -0.381 e. The fourth-order valence-corrected chi connectivity index (χ4v) is 4.99. The summed E-state index contributed by atoms with van der Waals surface area (Å²) < 4.78 is 26.8. The Hall–Kier alpha value is -4.19. The molecule has 1 saturated heterocycles. The lowest BCUT2D eigenvalue weighted by molar-refractivity contribution is -0.256. The number of aliphatic hydroxyl groups is 1. The van der Waals surface area contributed by atoms with Gasteiger partial charge in [0.15, 0.2) is 11.5 Å². The molecule has 4 atom stereocenters. The van der Waals surface area contributed by atoms with Crippen LogP contribution in [0, 0.1) is 0 Å². The topological polar surface area (TPSA) is 126 Å². The van der Waals surface area contributed by atoms with Crippen LogP contribution in [0.4, 0.5) is 5.82 Å². The SMILES string of the molecule is Nc1ncnn2c(C3(O)OC(COCc4ccccc4)[C@@H](OCc4ccccc4)[C@H]3OCc3ccccc3)cnc12. The zero-order chi connectivity index (χ0) is 28.1. The van der Waals surface area contributed by atoms with Crippen molar-refractivity contribution in [3.8, 4) is 0 Å². The summed E-state index contributed by atoms with van der Waals surface area (Å²) in [6.45, 7) is 1.02. The molecular weight excluding hydrogens is 522 g/mol. The maximum absolute atomic E-state index is 12.3. The molecule has 6 rings (SSSR count). The van der Waals surface area contributed by atoms with Gasteiger partial charge in [0.2, 0.25) is 5.79 Å². The van der Waals surface area contributed by atoms with Crippen LogP contribution in [0.5, 0.6) is 0 Å². The molecule has 0 saturated carbocycles. The molecule has 0 radical (unpaired) electrons. The zero-order valence-corrected chi connectivity index (χ0v) is 22.3. The Labute approximate surface area is 237 Å². The highest BCUT2D eigenvalue weighted by atomic mass is 16.7. The predicted molar refractivity (Wildman–Crippen MR) is 150 cm³/mol. The predicted octanol–water partition coefficient (Wildman–Crippen LogP) is 3.64. The van der Waals surface area contributed by atoms with Crippen molar-refractivity contribution >= 4 is 11.5 Å². The summed E-state index contributed by atoms with van der Waals surface area (Å²) in [7, 11) is 0. The van der Waals surface area contributed by atoms with E-state index < -0.39 is 24.1 Å². The first-order valence-corrected chi connectivity index (χ1v) is 13.4. The van der Waals surface area contributed by atoms with Crippen LogP contribution in [0.1, 0.15) is 22.4 Å². The number of hydrogen-bond donors (Lipinski definition) is 2. The molecule has 210 valence electrons. The number of benzene rings is 3. The largest absolute Gasteiger partial charge is 0.381 e. The maximum atomic E-state index is 12.3. The first kappa shape index (κ1) is 27.0. The number of ether oxygens (including phenoxy) is 4. The maximum Gasteiger partial charge on any atom is 0.242 e. The molecule has 10 heteroatoms. The van der Waals surface area contributed by atoms with Gasteiger partial charge in [0, 0.05) is 0 Å². The van der Waals surface area contributed by atoms with Crippen LogP contribution in [0.25, 0.3) is 5.65 Å². The second-order valence-electron chi connectivity index (χ2n) is 9.86. The average molecular weight is 554 g/mol. The van der Waals surface area contributed by atoms with Crippen LogP contribution in [0.2, 0.25) is 0 Å². The number of fused-ring (bicyclic) bond motifs is 1. The summed E-state index contributed by atoms with van der Waals surface area (Å²) in [5, 5.41) is 16.6. The molecular formula is C31H31N5O5. The summed E-state index contributed by atoms with van der Waals surface area (Å²) in [4.78, 5) is 8.36. The molecule has 0 amide bonds. The van der Waals surface area contributed by atoms with Gasteiger partial charge in [-0.2, -0.15) is 5.10 Å². The van der Waals surface area contributed by atoms with Crippen molar-refractivity contribution in [3.05, 3.63) is 126 Å². The first-order valence-electron chi connectivity index (χ1n) is 13.4. The minimum atomic E-state index is -1.99. The average Bonchev–Trinajstić information content (AvgIpc) is 3.57. The Morgan fingerprint density at radius 2 is 1.39 bits per heavy atom. The molecule has 0 bridgehead atoms. The second kappa shape index (κ2) is 12.1. The number of imidazole rings is 1. The Bertz CT molecular complexity index is 1550. The summed E-state index contributed by atoms with van der Waals surface area (Å²) in [6, 6.07) is 29.4. The van der Waals surface area contributed by atoms with Gasteiger partial charge in [-0.05, 0) is 16.7 Å².